The molecule has 4 rings (SSSR count). The molecule has 0 aliphatic carbocycles. The van der Waals surface area contributed by atoms with Crippen LogP contribution in [0.3, 0.4) is 0 Å². The van der Waals surface area contributed by atoms with Gasteiger partial charge in [-0.2, -0.15) is 5.10 Å². The fraction of sp³-hybridized carbons (Fsp3) is 0.182. The van der Waals surface area contributed by atoms with E-state index in [1.807, 2.05) is 26.0 Å². The number of ether oxygens (including phenoxy) is 1. The second kappa shape index (κ2) is 7.35. The SMILES string of the molecule is COC(=O)c1ccc(Cn2cnc3c(cnn3-c3cc(C)cc(C)c3)c2=O)cc1. The number of carbonyl (C=O) groups is 1. The molecule has 0 radical (unpaired) electrons. The van der Waals surface area contributed by atoms with Crippen molar-refractivity contribution in [2.75, 3.05) is 7.11 Å². The Morgan fingerprint density at radius 1 is 1.07 bits per heavy atom. The Hall–Kier alpha value is -3.74. The Morgan fingerprint density at radius 2 is 1.76 bits per heavy atom. The number of rotatable bonds is 4. The molecule has 4 aromatic rings. The molecule has 0 N–H and O–H groups in total. The van der Waals surface area contributed by atoms with E-state index in [1.165, 1.54) is 18.0 Å². The lowest BCUT2D eigenvalue weighted by molar-refractivity contribution is 0.0600. The van der Waals surface area contributed by atoms with E-state index in [4.69, 9.17) is 4.74 Å². The van der Waals surface area contributed by atoms with Crippen LogP contribution in [0.2, 0.25) is 0 Å². The Kier molecular flexibility index (Phi) is 4.72. The number of methoxy groups -OCH3 is 1. The second-order valence-corrected chi connectivity index (χ2v) is 7.01. The first-order chi connectivity index (χ1) is 14.0. The third-order valence-electron chi connectivity index (χ3n) is 4.73. The molecule has 0 saturated heterocycles. The number of benzene rings is 2. The van der Waals surface area contributed by atoms with E-state index in [-0.39, 0.29) is 5.56 Å². The molecule has 7 heteroatoms. The molecule has 0 spiro atoms. The van der Waals surface area contributed by atoms with Crippen LogP contribution < -0.4 is 5.56 Å². The number of carbonyl (C=O) groups excluding carboxylic acids is 1. The molecule has 0 aliphatic heterocycles. The number of nitrogens with zero attached hydrogens (tertiary/aromatic N) is 4. The largest absolute Gasteiger partial charge is 0.465 e. The van der Waals surface area contributed by atoms with Gasteiger partial charge in [-0.25, -0.2) is 14.5 Å². The van der Waals surface area contributed by atoms with Gasteiger partial charge in [-0.1, -0.05) is 18.2 Å². The normalized spacial score (nSPS) is 11.0. The molecule has 0 aliphatic rings. The van der Waals surface area contributed by atoms with Gasteiger partial charge in [-0.05, 0) is 54.8 Å². The van der Waals surface area contributed by atoms with Crippen molar-refractivity contribution in [1.29, 1.82) is 0 Å². The van der Waals surface area contributed by atoms with E-state index in [1.54, 1.807) is 35.1 Å². The van der Waals surface area contributed by atoms with Crippen molar-refractivity contribution in [3.05, 3.63) is 87.6 Å². The highest BCUT2D eigenvalue weighted by Crippen LogP contribution is 2.17. The molecule has 0 fully saturated rings. The molecule has 7 nitrogen and oxygen atoms in total. The van der Waals surface area contributed by atoms with E-state index >= 15 is 0 Å². The van der Waals surface area contributed by atoms with Gasteiger partial charge in [-0.3, -0.25) is 9.36 Å². The van der Waals surface area contributed by atoms with Crippen LogP contribution in [-0.2, 0) is 11.3 Å². The zero-order chi connectivity index (χ0) is 20.5. The van der Waals surface area contributed by atoms with Crippen molar-refractivity contribution >= 4 is 17.0 Å². The van der Waals surface area contributed by atoms with Crippen LogP contribution in [0.25, 0.3) is 16.7 Å². The van der Waals surface area contributed by atoms with Crippen LogP contribution >= 0.6 is 0 Å². The molecular formula is C22H20N4O3. The van der Waals surface area contributed by atoms with Crippen LogP contribution in [-0.4, -0.2) is 32.4 Å². The van der Waals surface area contributed by atoms with Crippen molar-refractivity contribution in [2.24, 2.45) is 0 Å². The fourth-order valence-corrected chi connectivity index (χ4v) is 3.38. The van der Waals surface area contributed by atoms with Crippen LogP contribution in [0.15, 0.2) is 59.8 Å². The van der Waals surface area contributed by atoms with Crippen molar-refractivity contribution in [3.63, 3.8) is 0 Å². The van der Waals surface area contributed by atoms with Crippen LogP contribution in [0.5, 0.6) is 0 Å². The molecule has 0 unspecified atom stereocenters. The van der Waals surface area contributed by atoms with Crippen LogP contribution in [0.1, 0.15) is 27.0 Å². The predicted octanol–water partition coefficient (Wildman–Crippen LogP) is 3.03. The first-order valence-corrected chi connectivity index (χ1v) is 9.15. The van der Waals surface area contributed by atoms with Gasteiger partial charge in [0, 0.05) is 0 Å². The van der Waals surface area contributed by atoms with Gasteiger partial charge in [0.15, 0.2) is 5.65 Å². The third-order valence-corrected chi connectivity index (χ3v) is 4.73. The molecule has 2 heterocycles. The highest BCUT2D eigenvalue weighted by Gasteiger charge is 2.12. The van der Waals surface area contributed by atoms with Gasteiger partial charge >= 0.3 is 5.97 Å². The monoisotopic (exact) mass is 388 g/mol. The van der Waals surface area contributed by atoms with Gasteiger partial charge < -0.3 is 4.74 Å². The lowest BCUT2D eigenvalue weighted by Gasteiger charge is -2.08. The summed E-state index contributed by atoms with van der Waals surface area (Å²) in [6.45, 7) is 4.39. The summed E-state index contributed by atoms with van der Waals surface area (Å²) in [5, 5.41) is 4.84. The summed E-state index contributed by atoms with van der Waals surface area (Å²) in [7, 11) is 1.34. The highest BCUT2D eigenvalue weighted by molar-refractivity contribution is 5.89. The highest BCUT2D eigenvalue weighted by atomic mass is 16.5. The van der Waals surface area contributed by atoms with Crippen molar-refractivity contribution in [1.82, 2.24) is 19.3 Å². The molecule has 0 bridgehead atoms. The van der Waals surface area contributed by atoms with E-state index in [9.17, 15) is 9.59 Å². The lowest BCUT2D eigenvalue weighted by Crippen LogP contribution is -2.21. The van der Waals surface area contributed by atoms with Gasteiger partial charge in [0.25, 0.3) is 5.56 Å². The molecule has 2 aromatic carbocycles. The minimum absolute atomic E-state index is 0.164. The zero-order valence-electron chi connectivity index (χ0n) is 16.4. The average Bonchev–Trinajstić information content (AvgIpc) is 3.14. The number of hydrogen-bond donors (Lipinski definition) is 0. The zero-order valence-corrected chi connectivity index (χ0v) is 16.4. The number of hydrogen-bond acceptors (Lipinski definition) is 5. The summed E-state index contributed by atoms with van der Waals surface area (Å²) in [5.74, 6) is -0.393. The van der Waals surface area contributed by atoms with E-state index in [0.29, 0.717) is 23.1 Å². The number of aromatic nitrogens is 4. The maximum absolute atomic E-state index is 12.9. The number of esters is 1. The maximum Gasteiger partial charge on any atom is 0.337 e. The fourth-order valence-electron chi connectivity index (χ4n) is 3.38. The molecule has 0 saturated carbocycles. The van der Waals surface area contributed by atoms with Gasteiger partial charge in [-0.15, -0.1) is 0 Å². The van der Waals surface area contributed by atoms with Crippen LogP contribution in [0, 0.1) is 13.8 Å². The maximum atomic E-state index is 12.9. The molecule has 146 valence electrons. The quantitative estimate of drug-likeness (QED) is 0.502. The molecule has 0 amide bonds. The Bertz CT molecular complexity index is 1250. The predicted molar refractivity (Wildman–Crippen MR) is 109 cm³/mol. The van der Waals surface area contributed by atoms with E-state index in [2.05, 4.69) is 16.1 Å². The first kappa shape index (κ1) is 18.6. The lowest BCUT2D eigenvalue weighted by atomic mass is 10.1. The van der Waals surface area contributed by atoms with E-state index < -0.39 is 5.97 Å². The minimum Gasteiger partial charge on any atom is -0.465 e. The number of aryl methyl sites for hydroxylation is 2. The van der Waals surface area contributed by atoms with Crippen molar-refractivity contribution in [2.45, 2.75) is 20.4 Å². The molecular weight excluding hydrogens is 368 g/mol. The summed E-state index contributed by atoms with van der Waals surface area (Å²) >= 11 is 0. The molecule has 2 aromatic heterocycles. The third kappa shape index (κ3) is 3.54. The van der Waals surface area contributed by atoms with Crippen LogP contribution in [0.4, 0.5) is 0 Å². The summed E-state index contributed by atoms with van der Waals surface area (Å²) in [5.41, 5.74) is 4.81. The van der Waals surface area contributed by atoms with Gasteiger partial charge in [0.2, 0.25) is 0 Å². The van der Waals surface area contributed by atoms with Crippen molar-refractivity contribution in [3.8, 4) is 5.69 Å². The summed E-state index contributed by atoms with van der Waals surface area (Å²) in [6.07, 6.45) is 3.08. The van der Waals surface area contributed by atoms with Crippen molar-refractivity contribution < 1.29 is 9.53 Å². The topological polar surface area (TPSA) is 79.0 Å². The smallest absolute Gasteiger partial charge is 0.337 e. The van der Waals surface area contributed by atoms with E-state index in [0.717, 1.165) is 22.4 Å². The van der Waals surface area contributed by atoms with Gasteiger partial charge in [0.05, 0.1) is 31.1 Å². The van der Waals surface area contributed by atoms with Gasteiger partial charge in [0.1, 0.15) is 11.7 Å². The summed E-state index contributed by atoms with van der Waals surface area (Å²) < 4.78 is 7.92. The Labute approximate surface area is 167 Å². The standard InChI is InChI=1S/C22H20N4O3/c1-14-8-15(2)10-18(9-14)26-20-19(11-24-26)21(27)25(13-23-20)12-16-4-6-17(7-5-16)22(28)29-3/h4-11,13H,12H2,1-3H3. The summed E-state index contributed by atoms with van der Waals surface area (Å²) in [4.78, 5) is 29.0. The molecule has 29 heavy (non-hydrogen) atoms. The Balaban J connectivity index is 1.69. The first-order valence-electron chi connectivity index (χ1n) is 9.15. The Morgan fingerprint density at radius 3 is 2.41 bits per heavy atom. The molecule has 0 atom stereocenters. The summed E-state index contributed by atoms with van der Waals surface area (Å²) in [6, 6.07) is 13.0. The minimum atomic E-state index is -0.393. The number of fused-ring (bicyclic) bond motifs is 1. The second-order valence-electron chi connectivity index (χ2n) is 7.01. The average molecular weight is 388 g/mol.